The fourth-order valence-electron chi connectivity index (χ4n) is 3.00. The second-order valence-corrected chi connectivity index (χ2v) is 5.75. The zero-order valence-corrected chi connectivity index (χ0v) is 15.1. The quantitative estimate of drug-likeness (QED) is 0.615. The molecular formula is C19H18N2O6. The summed E-state index contributed by atoms with van der Waals surface area (Å²) < 4.78 is 10.7. The van der Waals surface area contributed by atoms with E-state index in [2.05, 4.69) is 10.3 Å². The number of nitrogens with one attached hydrogen (secondary N) is 1. The number of ether oxygens (including phenoxy) is 2. The summed E-state index contributed by atoms with van der Waals surface area (Å²) in [5.41, 5.74) is 3.61. The molecule has 0 aliphatic carbocycles. The number of hydroxylamine groups is 1. The number of imide groups is 1. The third-order valence-electron chi connectivity index (χ3n) is 4.22. The van der Waals surface area contributed by atoms with E-state index in [-0.39, 0.29) is 12.1 Å². The second-order valence-electron chi connectivity index (χ2n) is 5.75. The molecule has 0 spiro atoms. The van der Waals surface area contributed by atoms with Gasteiger partial charge in [0.15, 0.2) is 11.5 Å². The monoisotopic (exact) mass is 370 g/mol. The Balaban J connectivity index is 2.01. The minimum Gasteiger partial charge on any atom is -0.493 e. The average Bonchev–Trinajstić information content (AvgIpc) is 2.92. The fraction of sp³-hybridized carbons (Fsp3) is 0.211. The van der Waals surface area contributed by atoms with Crippen LogP contribution in [0.25, 0.3) is 0 Å². The van der Waals surface area contributed by atoms with Gasteiger partial charge in [-0.05, 0) is 24.3 Å². The van der Waals surface area contributed by atoms with Gasteiger partial charge in [0.25, 0.3) is 17.7 Å². The molecule has 1 aliphatic rings. The van der Waals surface area contributed by atoms with Crippen LogP contribution in [0.5, 0.6) is 11.5 Å². The van der Waals surface area contributed by atoms with Crippen molar-refractivity contribution in [3.63, 3.8) is 0 Å². The third kappa shape index (κ3) is 3.22. The first-order chi connectivity index (χ1) is 13.0. The van der Waals surface area contributed by atoms with Gasteiger partial charge in [-0.1, -0.05) is 12.1 Å². The molecule has 2 aromatic rings. The van der Waals surface area contributed by atoms with Gasteiger partial charge in [0.05, 0.1) is 39.0 Å². The largest absolute Gasteiger partial charge is 0.493 e. The summed E-state index contributed by atoms with van der Waals surface area (Å²) in [6.07, 6.45) is 0. The van der Waals surface area contributed by atoms with Gasteiger partial charge >= 0.3 is 0 Å². The van der Waals surface area contributed by atoms with Crippen LogP contribution in [0.2, 0.25) is 0 Å². The second kappa shape index (κ2) is 7.46. The van der Waals surface area contributed by atoms with Gasteiger partial charge in [-0.2, -0.15) is 0 Å². The van der Waals surface area contributed by atoms with E-state index in [0.29, 0.717) is 28.2 Å². The topological polar surface area (TPSA) is 94.2 Å². The van der Waals surface area contributed by atoms with Crippen molar-refractivity contribution in [2.24, 2.45) is 0 Å². The number of hydrogen-bond donors (Lipinski definition) is 1. The Kier molecular flexibility index (Phi) is 5.09. The molecule has 0 fully saturated rings. The van der Waals surface area contributed by atoms with Crippen LogP contribution in [0, 0.1) is 0 Å². The first kappa shape index (κ1) is 18.4. The van der Waals surface area contributed by atoms with Crippen molar-refractivity contribution in [3.8, 4) is 11.5 Å². The Labute approximate surface area is 155 Å². The molecule has 8 nitrogen and oxygen atoms in total. The fourth-order valence-corrected chi connectivity index (χ4v) is 3.00. The smallest absolute Gasteiger partial charge is 0.274 e. The van der Waals surface area contributed by atoms with Crippen molar-refractivity contribution in [1.82, 2.24) is 10.4 Å². The molecule has 8 heteroatoms. The Morgan fingerprint density at radius 2 is 1.63 bits per heavy atom. The molecular weight excluding hydrogens is 352 g/mol. The van der Waals surface area contributed by atoms with E-state index in [0.717, 1.165) is 4.90 Å². The molecule has 0 unspecified atom stereocenters. The molecule has 27 heavy (non-hydrogen) atoms. The summed E-state index contributed by atoms with van der Waals surface area (Å²) in [6, 6.07) is 9.63. The summed E-state index contributed by atoms with van der Waals surface area (Å²) in [5, 5.41) is 0. The minimum atomic E-state index is -0.498. The van der Waals surface area contributed by atoms with Crippen molar-refractivity contribution < 1.29 is 28.7 Å². The van der Waals surface area contributed by atoms with Crippen molar-refractivity contribution in [3.05, 3.63) is 58.7 Å². The summed E-state index contributed by atoms with van der Waals surface area (Å²) in [6.45, 7) is -0.0695. The van der Waals surface area contributed by atoms with Crippen LogP contribution in [0.15, 0.2) is 36.4 Å². The van der Waals surface area contributed by atoms with Crippen LogP contribution >= 0.6 is 0 Å². The lowest BCUT2D eigenvalue weighted by Crippen LogP contribution is -2.29. The van der Waals surface area contributed by atoms with Gasteiger partial charge in [-0.3, -0.25) is 24.1 Å². The van der Waals surface area contributed by atoms with Gasteiger partial charge in [-0.15, -0.1) is 0 Å². The molecule has 3 amide bonds. The molecule has 0 radical (unpaired) electrons. The number of carbonyl (C=O) groups is 3. The van der Waals surface area contributed by atoms with E-state index in [1.807, 2.05) is 0 Å². The average molecular weight is 370 g/mol. The zero-order chi connectivity index (χ0) is 19.6. The van der Waals surface area contributed by atoms with Crippen molar-refractivity contribution in [1.29, 1.82) is 0 Å². The SMILES string of the molecule is CONC(=O)c1cc(CN2C(=O)c3ccccc3C2=O)c(OC)c(OC)c1. The van der Waals surface area contributed by atoms with E-state index in [4.69, 9.17) is 9.47 Å². The van der Waals surface area contributed by atoms with Gasteiger partial charge in [0.2, 0.25) is 0 Å². The van der Waals surface area contributed by atoms with Crippen LogP contribution in [0.1, 0.15) is 36.6 Å². The molecule has 1 N–H and O–H groups in total. The highest BCUT2D eigenvalue weighted by Crippen LogP contribution is 2.35. The Bertz CT molecular complexity index is 889. The maximum absolute atomic E-state index is 12.6. The highest BCUT2D eigenvalue weighted by atomic mass is 16.6. The van der Waals surface area contributed by atoms with Crippen LogP contribution in [0.3, 0.4) is 0 Å². The summed E-state index contributed by atoms with van der Waals surface area (Å²) in [5.74, 6) is -0.662. The summed E-state index contributed by atoms with van der Waals surface area (Å²) >= 11 is 0. The highest BCUT2D eigenvalue weighted by Gasteiger charge is 2.36. The molecule has 1 aliphatic heterocycles. The number of benzene rings is 2. The van der Waals surface area contributed by atoms with E-state index in [9.17, 15) is 14.4 Å². The standard InChI is InChI=1S/C19H18N2O6/c1-25-15-9-11(17(22)20-27-3)8-12(16(15)26-2)10-21-18(23)13-6-4-5-7-14(13)19(21)24/h4-9H,10H2,1-3H3,(H,20,22). The lowest BCUT2D eigenvalue weighted by molar-refractivity contribution is 0.0537. The molecule has 140 valence electrons. The molecule has 1 heterocycles. The number of amides is 3. The van der Waals surface area contributed by atoms with E-state index < -0.39 is 17.7 Å². The van der Waals surface area contributed by atoms with Gasteiger partial charge in [0, 0.05) is 11.1 Å². The van der Waals surface area contributed by atoms with Gasteiger partial charge < -0.3 is 9.47 Å². The van der Waals surface area contributed by atoms with Crippen molar-refractivity contribution in [2.75, 3.05) is 21.3 Å². The molecule has 2 aromatic carbocycles. The Morgan fingerprint density at radius 3 is 2.15 bits per heavy atom. The maximum atomic E-state index is 12.6. The number of methoxy groups -OCH3 is 2. The number of rotatable bonds is 6. The number of nitrogens with zero attached hydrogens (tertiary/aromatic N) is 1. The van der Waals surface area contributed by atoms with Crippen molar-refractivity contribution >= 4 is 17.7 Å². The van der Waals surface area contributed by atoms with E-state index in [1.165, 1.54) is 33.5 Å². The Morgan fingerprint density at radius 1 is 1.00 bits per heavy atom. The zero-order valence-electron chi connectivity index (χ0n) is 15.1. The molecule has 0 aromatic heterocycles. The summed E-state index contributed by atoms with van der Waals surface area (Å²) in [7, 11) is 4.19. The van der Waals surface area contributed by atoms with Crippen LogP contribution in [0.4, 0.5) is 0 Å². The van der Waals surface area contributed by atoms with E-state index >= 15 is 0 Å². The Hall–Kier alpha value is -3.39. The van der Waals surface area contributed by atoms with Crippen molar-refractivity contribution in [2.45, 2.75) is 6.54 Å². The van der Waals surface area contributed by atoms with Crippen LogP contribution < -0.4 is 15.0 Å². The first-order valence-electron chi connectivity index (χ1n) is 8.05. The summed E-state index contributed by atoms with van der Waals surface area (Å²) in [4.78, 5) is 43.1. The predicted octanol–water partition coefficient (Wildman–Crippen LogP) is 1.79. The maximum Gasteiger partial charge on any atom is 0.274 e. The van der Waals surface area contributed by atoms with Crippen LogP contribution in [-0.2, 0) is 11.4 Å². The molecule has 0 bridgehead atoms. The number of carbonyl (C=O) groups excluding carboxylic acids is 3. The minimum absolute atomic E-state index is 0.0695. The lowest BCUT2D eigenvalue weighted by Gasteiger charge is -2.19. The van der Waals surface area contributed by atoms with E-state index in [1.54, 1.807) is 24.3 Å². The molecule has 0 atom stereocenters. The first-order valence-corrected chi connectivity index (χ1v) is 8.05. The van der Waals surface area contributed by atoms with Gasteiger partial charge in [0.1, 0.15) is 0 Å². The van der Waals surface area contributed by atoms with Crippen LogP contribution in [-0.4, -0.2) is 44.0 Å². The molecule has 3 rings (SSSR count). The molecule has 0 saturated heterocycles. The lowest BCUT2D eigenvalue weighted by atomic mass is 10.1. The number of hydrogen-bond acceptors (Lipinski definition) is 6. The molecule has 0 saturated carbocycles. The highest BCUT2D eigenvalue weighted by molar-refractivity contribution is 6.21. The predicted molar refractivity (Wildman–Crippen MR) is 94.7 cm³/mol. The number of fused-ring (bicyclic) bond motifs is 1. The van der Waals surface area contributed by atoms with Gasteiger partial charge in [-0.25, -0.2) is 5.48 Å². The third-order valence-corrected chi connectivity index (χ3v) is 4.22. The normalized spacial score (nSPS) is 12.8.